The van der Waals surface area contributed by atoms with E-state index in [4.69, 9.17) is 0 Å². The summed E-state index contributed by atoms with van der Waals surface area (Å²) in [5.74, 6) is 0. The van der Waals surface area contributed by atoms with Crippen molar-refractivity contribution in [3.63, 3.8) is 0 Å². The van der Waals surface area contributed by atoms with Crippen LogP contribution in [-0.2, 0) is 20.1 Å². The van der Waals surface area contributed by atoms with Gasteiger partial charge in [0.25, 0.3) is 0 Å². The number of fused-ring (bicyclic) bond motifs is 2. The van der Waals surface area contributed by atoms with Crippen LogP contribution in [0.3, 0.4) is 0 Å². The van der Waals surface area contributed by atoms with E-state index in [1.165, 1.54) is 10.8 Å². The summed E-state index contributed by atoms with van der Waals surface area (Å²) >= 11 is 5.13. The van der Waals surface area contributed by atoms with Gasteiger partial charge in [0, 0.05) is 31.2 Å². The Hall–Kier alpha value is -1.13. The van der Waals surface area contributed by atoms with Crippen LogP contribution in [-0.4, -0.2) is 10.2 Å². The standard InChI is InChI=1S/C16H8BrN2S.Ir/c17-16-13-9-11-5-2-1-4-10(11)8-12(13)15(18-19-16)14-6-3-7-20-14;/h1-5,7-9H;/q-1;. The molecule has 0 saturated carbocycles. The van der Waals surface area contributed by atoms with Gasteiger partial charge in [0.05, 0.1) is 0 Å². The SMILES string of the molecule is Brc1nnc(-c2[c-]ccs2)c2cc3ccccc3cc12.[Ir]. The molecule has 4 rings (SSSR count). The van der Waals surface area contributed by atoms with E-state index in [2.05, 4.69) is 62.5 Å². The first kappa shape index (κ1) is 14.8. The molecule has 0 saturated heterocycles. The summed E-state index contributed by atoms with van der Waals surface area (Å²) in [5.41, 5.74) is 0.893. The molecule has 0 unspecified atom stereocenters. The number of hydrogen-bond acceptors (Lipinski definition) is 3. The third-order valence-electron chi connectivity index (χ3n) is 3.28. The molecule has 21 heavy (non-hydrogen) atoms. The van der Waals surface area contributed by atoms with E-state index >= 15 is 0 Å². The van der Waals surface area contributed by atoms with Crippen molar-refractivity contribution in [3.8, 4) is 10.6 Å². The van der Waals surface area contributed by atoms with Crippen molar-refractivity contribution >= 4 is 48.8 Å². The van der Waals surface area contributed by atoms with Gasteiger partial charge in [-0.3, -0.25) is 0 Å². The normalized spacial score (nSPS) is 10.7. The average molecular weight is 532 g/mol. The summed E-state index contributed by atoms with van der Waals surface area (Å²) in [6.07, 6.45) is 0. The van der Waals surface area contributed by atoms with E-state index in [0.29, 0.717) is 0 Å². The van der Waals surface area contributed by atoms with Gasteiger partial charge in [0.2, 0.25) is 0 Å². The molecule has 0 fully saturated rings. The molecule has 1 radical (unpaired) electrons. The summed E-state index contributed by atoms with van der Waals surface area (Å²) in [6.45, 7) is 0. The maximum absolute atomic E-state index is 4.34. The van der Waals surface area contributed by atoms with Gasteiger partial charge < -0.3 is 0 Å². The third-order valence-corrected chi connectivity index (χ3v) is 4.69. The molecule has 0 atom stereocenters. The van der Waals surface area contributed by atoms with E-state index in [-0.39, 0.29) is 20.1 Å². The summed E-state index contributed by atoms with van der Waals surface area (Å²) in [7, 11) is 0. The van der Waals surface area contributed by atoms with Gasteiger partial charge in [0.1, 0.15) is 4.60 Å². The Kier molecular flexibility index (Phi) is 4.18. The molecule has 0 bridgehead atoms. The second-order valence-electron chi connectivity index (χ2n) is 4.48. The van der Waals surface area contributed by atoms with Crippen LogP contribution in [0.2, 0.25) is 0 Å². The van der Waals surface area contributed by atoms with Crippen LogP contribution < -0.4 is 0 Å². The van der Waals surface area contributed by atoms with Crippen molar-refractivity contribution in [2.24, 2.45) is 0 Å². The summed E-state index contributed by atoms with van der Waals surface area (Å²) in [6, 6.07) is 17.8. The van der Waals surface area contributed by atoms with Crippen LogP contribution >= 0.6 is 27.3 Å². The van der Waals surface area contributed by atoms with Crippen molar-refractivity contribution in [1.29, 1.82) is 0 Å². The molecule has 0 spiro atoms. The Morgan fingerprint density at radius 1 is 1.00 bits per heavy atom. The molecule has 0 aliphatic heterocycles. The first-order valence-corrected chi connectivity index (χ1v) is 7.80. The molecule has 2 aromatic heterocycles. The molecular weight excluding hydrogens is 524 g/mol. The number of benzene rings is 2. The fourth-order valence-corrected chi connectivity index (χ4v) is 3.42. The van der Waals surface area contributed by atoms with Crippen molar-refractivity contribution in [2.75, 3.05) is 0 Å². The van der Waals surface area contributed by atoms with Crippen LogP contribution in [0.15, 0.2) is 52.4 Å². The summed E-state index contributed by atoms with van der Waals surface area (Å²) in [4.78, 5) is 1.02. The minimum Gasteiger partial charge on any atom is -0.237 e. The Morgan fingerprint density at radius 3 is 2.38 bits per heavy atom. The van der Waals surface area contributed by atoms with Crippen molar-refractivity contribution < 1.29 is 20.1 Å². The van der Waals surface area contributed by atoms with E-state index < -0.39 is 0 Å². The van der Waals surface area contributed by atoms with E-state index in [1.807, 2.05) is 17.5 Å². The van der Waals surface area contributed by atoms with Gasteiger partial charge in [-0.15, -0.1) is 5.38 Å². The minimum atomic E-state index is 0. The van der Waals surface area contributed by atoms with Crippen LogP contribution in [0, 0.1) is 6.07 Å². The molecule has 2 nitrogen and oxygen atoms in total. The maximum Gasteiger partial charge on any atom is 0.134 e. The Bertz CT molecular complexity index is 922. The van der Waals surface area contributed by atoms with Gasteiger partial charge in [-0.2, -0.15) is 17.2 Å². The molecule has 0 aliphatic carbocycles. The minimum absolute atomic E-state index is 0. The zero-order valence-corrected chi connectivity index (χ0v) is 15.4. The maximum atomic E-state index is 4.34. The predicted molar refractivity (Wildman–Crippen MR) is 86.9 cm³/mol. The zero-order chi connectivity index (χ0) is 13.5. The fourth-order valence-electron chi connectivity index (χ4n) is 2.35. The largest absolute Gasteiger partial charge is 0.237 e. The van der Waals surface area contributed by atoms with Gasteiger partial charge in [-0.25, -0.2) is 16.4 Å². The average Bonchev–Trinajstić information content (AvgIpc) is 3.00. The molecule has 0 N–H and O–H groups in total. The second-order valence-corrected chi connectivity index (χ2v) is 6.15. The number of nitrogens with zero attached hydrogens (tertiary/aromatic N) is 2. The Morgan fingerprint density at radius 2 is 1.71 bits per heavy atom. The van der Waals surface area contributed by atoms with E-state index in [1.54, 1.807) is 11.3 Å². The zero-order valence-electron chi connectivity index (χ0n) is 10.6. The predicted octanol–water partition coefficient (Wildman–Crippen LogP) is 5.07. The Labute approximate surface area is 147 Å². The smallest absolute Gasteiger partial charge is 0.134 e. The number of aromatic nitrogens is 2. The molecule has 5 heteroatoms. The van der Waals surface area contributed by atoms with Crippen LogP contribution in [0.5, 0.6) is 0 Å². The number of rotatable bonds is 1. The number of thiophene rings is 1. The van der Waals surface area contributed by atoms with Crippen molar-refractivity contribution in [1.82, 2.24) is 10.2 Å². The van der Waals surface area contributed by atoms with Crippen LogP contribution in [0.4, 0.5) is 0 Å². The molecule has 0 aliphatic rings. The number of hydrogen-bond donors (Lipinski definition) is 0. The van der Waals surface area contributed by atoms with Crippen molar-refractivity contribution in [2.45, 2.75) is 0 Å². The van der Waals surface area contributed by atoms with Gasteiger partial charge in [-0.1, -0.05) is 35.2 Å². The van der Waals surface area contributed by atoms with Gasteiger partial charge in [0.15, 0.2) is 0 Å². The van der Waals surface area contributed by atoms with Crippen LogP contribution in [0.25, 0.3) is 32.1 Å². The second kappa shape index (κ2) is 5.93. The molecule has 2 heterocycles. The summed E-state index contributed by atoms with van der Waals surface area (Å²) in [5, 5.41) is 15.2. The molecule has 4 aromatic rings. The molecule has 0 amide bonds. The topological polar surface area (TPSA) is 25.8 Å². The van der Waals surface area contributed by atoms with Gasteiger partial charge in [-0.05, 0) is 38.2 Å². The fraction of sp³-hybridized carbons (Fsp3) is 0. The third kappa shape index (κ3) is 2.55. The molecular formula is C16H8BrIrN2S-. The first-order valence-electron chi connectivity index (χ1n) is 6.13. The van der Waals surface area contributed by atoms with Crippen LogP contribution in [0.1, 0.15) is 0 Å². The monoisotopic (exact) mass is 532 g/mol. The quantitative estimate of drug-likeness (QED) is 0.253. The Balaban J connectivity index is 0.00000132. The van der Waals surface area contributed by atoms with E-state index in [0.717, 1.165) is 25.9 Å². The van der Waals surface area contributed by atoms with E-state index in [9.17, 15) is 0 Å². The first-order chi connectivity index (χ1) is 9.83. The molecule has 2 aromatic carbocycles. The summed E-state index contributed by atoms with van der Waals surface area (Å²) < 4.78 is 0.776. The van der Waals surface area contributed by atoms with Crippen molar-refractivity contribution in [3.05, 3.63) is 58.5 Å². The molecule has 105 valence electrons. The van der Waals surface area contributed by atoms with Gasteiger partial charge >= 0.3 is 0 Å². The number of halogens is 1.